The van der Waals surface area contributed by atoms with Crippen molar-refractivity contribution in [1.82, 2.24) is 9.61 Å². The molecule has 3 nitrogen and oxygen atoms in total. The molecule has 3 aromatic carbocycles. The Morgan fingerprint density at radius 3 is 2.03 bits per heavy atom. The summed E-state index contributed by atoms with van der Waals surface area (Å²) in [7, 11) is 1.71. The molecule has 0 aliphatic carbocycles. The van der Waals surface area contributed by atoms with Gasteiger partial charge in [-0.1, -0.05) is 78.9 Å². The molecule has 3 heteroatoms. The van der Waals surface area contributed by atoms with Gasteiger partial charge in [0.1, 0.15) is 5.75 Å². The highest BCUT2D eigenvalue weighted by atomic mass is 16.5. The predicted molar refractivity (Wildman–Crippen MR) is 118 cm³/mol. The molecule has 0 aliphatic heterocycles. The Balaban J connectivity index is 1.84. The predicted octanol–water partition coefficient (Wildman–Crippen LogP) is 6.34. The lowest BCUT2D eigenvalue weighted by molar-refractivity contribution is 0.416. The van der Waals surface area contributed by atoms with E-state index in [0.29, 0.717) is 0 Å². The van der Waals surface area contributed by atoms with Crippen LogP contribution in [-0.2, 0) is 0 Å². The van der Waals surface area contributed by atoms with Gasteiger partial charge in [0.25, 0.3) is 0 Å². The van der Waals surface area contributed by atoms with E-state index in [1.807, 2.05) is 47.0 Å². The van der Waals surface area contributed by atoms with E-state index in [2.05, 4.69) is 60.7 Å². The zero-order chi connectivity index (χ0) is 19.6. The maximum absolute atomic E-state index is 5.69. The summed E-state index contributed by atoms with van der Waals surface area (Å²) in [4.78, 5) is 0. The monoisotopic (exact) mass is 376 g/mol. The molecular formula is C26H20N2O. The number of para-hydroxylation sites is 1. The highest BCUT2D eigenvalue weighted by molar-refractivity contribution is 5.86. The van der Waals surface area contributed by atoms with Crippen LogP contribution in [0.3, 0.4) is 0 Å². The van der Waals surface area contributed by atoms with Gasteiger partial charge in [0, 0.05) is 16.7 Å². The molecular weight excluding hydrogens is 356 g/mol. The highest BCUT2D eigenvalue weighted by Crippen LogP contribution is 2.38. The van der Waals surface area contributed by atoms with Crippen molar-refractivity contribution in [3.05, 3.63) is 103 Å². The molecule has 2 heterocycles. The third-order valence-corrected chi connectivity index (χ3v) is 5.14. The smallest absolute Gasteiger partial charge is 0.128 e. The van der Waals surface area contributed by atoms with Crippen molar-refractivity contribution in [2.45, 2.75) is 0 Å². The lowest BCUT2D eigenvalue weighted by atomic mass is 9.98. The number of nitrogens with zero attached hydrogens (tertiary/aromatic N) is 2. The summed E-state index contributed by atoms with van der Waals surface area (Å²) in [6.07, 6.45) is 0. The molecule has 0 bridgehead atoms. The summed E-state index contributed by atoms with van der Waals surface area (Å²) >= 11 is 0. The number of fused-ring (bicyclic) bond motifs is 1. The molecule has 0 aliphatic rings. The van der Waals surface area contributed by atoms with Gasteiger partial charge in [-0.25, -0.2) is 4.52 Å². The fourth-order valence-electron chi connectivity index (χ4n) is 3.76. The van der Waals surface area contributed by atoms with Gasteiger partial charge in [-0.05, 0) is 29.8 Å². The van der Waals surface area contributed by atoms with E-state index < -0.39 is 0 Å². The fraction of sp³-hybridized carbons (Fsp3) is 0.0385. The molecule has 0 saturated heterocycles. The van der Waals surface area contributed by atoms with Crippen LogP contribution in [0.5, 0.6) is 5.75 Å². The molecule has 0 atom stereocenters. The normalized spacial score (nSPS) is 10.9. The maximum Gasteiger partial charge on any atom is 0.128 e. The van der Waals surface area contributed by atoms with Crippen LogP contribution < -0.4 is 4.74 Å². The molecule has 140 valence electrons. The number of hydrogen-bond acceptors (Lipinski definition) is 2. The average molecular weight is 376 g/mol. The van der Waals surface area contributed by atoms with Crippen molar-refractivity contribution in [2.75, 3.05) is 7.11 Å². The molecule has 0 fully saturated rings. The lowest BCUT2D eigenvalue weighted by Gasteiger charge is -2.15. The van der Waals surface area contributed by atoms with Crippen molar-refractivity contribution in [2.24, 2.45) is 0 Å². The third-order valence-electron chi connectivity index (χ3n) is 5.14. The summed E-state index contributed by atoms with van der Waals surface area (Å²) in [5, 5.41) is 4.98. The van der Waals surface area contributed by atoms with E-state index in [9.17, 15) is 0 Å². The Morgan fingerprint density at radius 1 is 0.655 bits per heavy atom. The number of ether oxygens (including phenoxy) is 1. The maximum atomic E-state index is 5.69. The Labute approximate surface area is 169 Å². The number of benzene rings is 3. The molecule has 29 heavy (non-hydrogen) atoms. The molecule has 0 unspecified atom stereocenters. The molecule has 5 aromatic rings. The molecule has 2 aromatic heterocycles. The average Bonchev–Trinajstić information content (AvgIpc) is 3.24. The summed E-state index contributed by atoms with van der Waals surface area (Å²) in [5.41, 5.74) is 7.40. The van der Waals surface area contributed by atoms with E-state index in [0.717, 1.165) is 44.9 Å². The topological polar surface area (TPSA) is 26.5 Å². The second kappa shape index (κ2) is 7.28. The van der Waals surface area contributed by atoms with Crippen LogP contribution in [-0.4, -0.2) is 16.7 Å². The van der Waals surface area contributed by atoms with E-state index in [1.165, 1.54) is 0 Å². The number of hydrogen-bond donors (Lipinski definition) is 0. The van der Waals surface area contributed by atoms with Gasteiger partial charge in [-0.15, -0.1) is 0 Å². The van der Waals surface area contributed by atoms with Crippen LogP contribution >= 0.6 is 0 Å². The fourth-order valence-corrected chi connectivity index (χ4v) is 3.76. The first-order chi connectivity index (χ1) is 14.3. The molecule has 0 spiro atoms. The first-order valence-corrected chi connectivity index (χ1v) is 9.62. The zero-order valence-corrected chi connectivity index (χ0v) is 16.1. The van der Waals surface area contributed by atoms with Gasteiger partial charge in [-0.3, -0.25) is 0 Å². The summed E-state index contributed by atoms with van der Waals surface area (Å²) < 4.78 is 7.72. The van der Waals surface area contributed by atoms with Crippen molar-refractivity contribution in [3.63, 3.8) is 0 Å². The minimum atomic E-state index is 0.828. The van der Waals surface area contributed by atoms with Gasteiger partial charge in [0.05, 0.1) is 24.0 Å². The molecule has 0 radical (unpaired) electrons. The van der Waals surface area contributed by atoms with Crippen molar-refractivity contribution in [1.29, 1.82) is 0 Å². The second-order valence-corrected chi connectivity index (χ2v) is 6.89. The summed E-state index contributed by atoms with van der Waals surface area (Å²) in [6.45, 7) is 0. The first-order valence-electron chi connectivity index (χ1n) is 9.62. The molecule has 5 rings (SSSR count). The van der Waals surface area contributed by atoms with Crippen LogP contribution in [0.15, 0.2) is 103 Å². The van der Waals surface area contributed by atoms with Crippen LogP contribution in [0.2, 0.25) is 0 Å². The largest absolute Gasteiger partial charge is 0.496 e. The summed E-state index contributed by atoms with van der Waals surface area (Å²) in [5.74, 6) is 0.828. The standard InChI is InChI=1S/C26H20N2O/c1-29-25-15-9-8-14-23(25)26-22(19-10-4-2-5-11-19)17-16-21-18-24(27-28(21)26)20-12-6-3-7-13-20/h2-18H,1H3. The highest BCUT2D eigenvalue weighted by Gasteiger charge is 2.17. The summed E-state index contributed by atoms with van der Waals surface area (Å²) in [6, 6.07) is 35.2. The number of rotatable bonds is 4. The zero-order valence-electron chi connectivity index (χ0n) is 16.1. The van der Waals surface area contributed by atoms with Gasteiger partial charge in [0.15, 0.2) is 0 Å². The van der Waals surface area contributed by atoms with Crippen LogP contribution in [0.1, 0.15) is 0 Å². The SMILES string of the molecule is COc1ccccc1-c1c(-c2ccccc2)ccc2cc(-c3ccccc3)nn12. The van der Waals surface area contributed by atoms with E-state index >= 15 is 0 Å². The second-order valence-electron chi connectivity index (χ2n) is 6.89. The number of methoxy groups -OCH3 is 1. The number of aromatic nitrogens is 2. The van der Waals surface area contributed by atoms with Crippen LogP contribution in [0.4, 0.5) is 0 Å². The van der Waals surface area contributed by atoms with Gasteiger partial charge in [0.2, 0.25) is 0 Å². The van der Waals surface area contributed by atoms with Crippen LogP contribution in [0, 0.1) is 0 Å². The van der Waals surface area contributed by atoms with Gasteiger partial charge >= 0.3 is 0 Å². The third kappa shape index (κ3) is 3.07. The minimum Gasteiger partial charge on any atom is -0.496 e. The van der Waals surface area contributed by atoms with E-state index in [4.69, 9.17) is 9.84 Å². The van der Waals surface area contributed by atoms with Gasteiger partial charge < -0.3 is 4.74 Å². The Bertz CT molecular complexity index is 1270. The molecule has 0 N–H and O–H groups in total. The Morgan fingerprint density at radius 2 is 1.31 bits per heavy atom. The van der Waals surface area contributed by atoms with E-state index in [1.54, 1.807) is 7.11 Å². The minimum absolute atomic E-state index is 0.828. The van der Waals surface area contributed by atoms with Gasteiger partial charge in [-0.2, -0.15) is 5.10 Å². The molecule has 0 saturated carbocycles. The van der Waals surface area contributed by atoms with Crippen molar-refractivity contribution >= 4 is 5.52 Å². The Hall–Kier alpha value is -3.85. The van der Waals surface area contributed by atoms with E-state index in [-0.39, 0.29) is 0 Å². The first kappa shape index (κ1) is 17.3. The lowest BCUT2D eigenvalue weighted by Crippen LogP contribution is -1.99. The van der Waals surface area contributed by atoms with Crippen molar-refractivity contribution < 1.29 is 4.74 Å². The Kier molecular flexibility index (Phi) is 4.34. The quantitative estimate of drug-likeness (QED) is 0.366. The van der Waals surface area contributed by atoms with Crippen molar-refractivity contribution in [3.8, 4) is 39.4 Å². The molecule has 0 amide bonds. The number of pyridine rings is 1. The van der Waals surface area contributed by atoms with Crippen LogP contribution in [0.25, 0.3) is 39.2 Å².